The molecule has 0 bridgehead atoms. The van der Waals surface area contributed by atoms with Crippen LogP contribution in [0.4, 0.5) is 0 Å². The van der Waals surface area contributed by atoms with Gasteiger partial charge in [0.2, 0.25) is 10.0 Å². The normalized spacial score (nSPS) is 22.8. The zero-order valence-electron chi connectivity index (χ0n) is 11.8. The van der Waals surface area contributed by atoms with Crippen LogP contribution in [-0.2, 0) is 32.5 Å². The van der Waals surface area contributed by atoms with Crippen LogP contribution in [0.25, 0.3) is 0 Å². The SMILES string of the molecule is O=S(=O)(NCC1COCCO1)c1cccc2c1CCNC2. The van der Waals surface area contributed by atoms with E-state index in [-0.39, 0.29) is 12.6 Å². The molecule has 0 aliphatic carbocycles. The second kappa shape index (κ2) is 6.41. The van der Waals surface area contributed by atoms with Crippen molar-refractivity contribution in [2.75, 3.05) is 32.9 Å². The van der Waals surface area contributed by atoms with Crippen LogP contribution in [0.15, 0.2) is 23.1 Å². The number of sulfonamides is 1. The summed E-state index contributed by atoms with van der Waals surface area (Å²) in [5.74, 6) is 0. The molecule has 0 amide bonds. The molecule has 1 atom stereocenters. The third kappa shape index (κ3) is 3.44. The summed E-state index contributed by atoms with van der Waals surface area (Å²) < 4.78 is 38.4. The van der Waals surface area contributed by atoms with Gasteiger partial charge in [0.05, 0.1) is 30.8 Å². The van der Waals surface area contributed by atoms with Crippen LogP contribution in [0.5, 0.6) is 0 Å². The summed E-state index contributed by atoms with van der Waals surface area (Å²) in [5, 5.41) is 3.25. The lowest BCUT2D eigenvalue weighted by atomic mass is 10.0. The van der Waals surface area contributed by atoms with Crippen molar-refractivity contribution in [2.45, 2.75) is 24.0 Å². The van der Waals surface area contributed by atoms with Crippen LogP contribution in [0.2, 0.25) is 0 Å². The fraction of sp³-hybridized carbons (Fsp3) is 0.571. The largest absolute Gasteiger partial charge is 0.376 e. The van der Waals surface area contributed by atoms with Crippen LogP contribution in [0.1, 0.15) is 11.1 Å². The van der Waals surface area contributed by atoms with E-state index < -0.39 is 10.0 Å². The van der Waals surface area contributed by atoms with Gasteiger partial charge >= 0.3 is 0 Å². The first-order valence-electron chi connectivity index (χ1n) is 7.17. The average molecular weight is 312 g/mol. The molecular weight excluding hydrogens is 292 g/mol. The van der Waals surface area contributed by atoms with E-state index in [4.69, 9.17) is 9.47 Å². The molecular formula is C14H20N2O4S. The summed E-state index contributed by atoms with van der Waals surface area (Å²) in [6, 6.07) is 5.43. The summed E-state index contributed by atoms with van der Waals surface area (Å²) in [7, 11) is -3.51. The number of nitrogens with one attached hydrogen (secondary N) is 2. The van der Waals surface area contributed by atoms with Crippen LogP contribution in [-0.4, -0.2) is 47.4 Å². The highest BCUT2D eigenvalue weighted by Gasteiger charge is 2.24. The number of hydrogen-bond donors (Lipinski definition) is 2. The summed E-state index contributed by atoms with van der Waals surface area (Å²) in [5.41, 5.74) is 1.98. The van der Waals surface area contributed by atoms with Gasteiger partial charge in [0.25, 0.3) is 0 Å². The Morgan fingerprint density at radius 2 is 2.24 bits per heavy atom. The Morgan fingerprint density at radius 1 is 1.33 bits per heavy atom. The lowest BCUT2D eigenvalue weighted by molar-refractivity contribution is -0.0846. The van der Waals surface area contributed by atoms with Gasteiger partial charge in [-0.1, -0.05) is 12.1 Å². The number of rotatable bonds is 4. The zero-order chi connectivity index (χ0) is 14.7. The van der Waals surface area contributed by atoms with Crippen LogP contribution >= 0.6 is 0 Å². The topological polar surface area (TPSA) is 76.7 Å². The standard InChI is InChI=1S/C14H20N2O4S/c17-21(18,16-9-12-10-19-6-7-20-12)14-3-1-2-11-8-15-5-4-13(11)14/h1-3,12,15-16H,4-10H2. The van der Waals surface area contributed by atoms with Crippen molar-refractivity contribution in [2.24, 2.45) is 0 Å². The van der Waals surface area contributed by atoms with Crippen LogP contribution in [0, 0.1) is 0 Å². The van der Waals surface area contributed by atoms with Gasteiger partial charge in [0, 0.05) is 13.1 Å². The summed E-state index contributed by atoms with van der Waals surface area (Å²) in [6.45, 7) is 3.28. The zero-order valence-corrected chi connectivity index (χ0v) is 12.6. The molecule has 21 heavy (non-hydrogen) atoms. The maximum atomic E-state index is 12.5. The van der Waals surface area contributed by atoms with E-state index in [2.05, 4.69) is 10.0 Å². The van der Waals surface area contributed by atoms with Gasteiger partial charge in [-0.3, -0.25) is 0 Å². The van der Waals surface area contributed by atoms with Crippen molar-refractivity contribution >= 4 is 10.0 Å². The van der Waals surface area contributed by atoms with E-state index in [1.54, 1.807) is 12.1 Å². The molecule has 7 heteroatoms. The fourth-order valence-corrected chi connectivity index (χ4v) is 4.06. The highest BCUT2D eigenvalue weighted by molar-refractivity contribution is 7.89. The highest BCUT2D eigenvalue weighted by Crippen LogP contribution is 2.22. The van der Waals surface area contributed by atoms with Gasteiger partial charge in [-0.2, -0.15) is 0 Å². The Hall–Kier alpha value is -0.990. The Kier molecular flexibility index (Phi) is 4.56. The second-order valence-corrected chi connectivity index (χ2v) is 6.98. The Bertz CT molecular complexity index is 597. The minimum absolute atomic E-state index is 0.213. The molecule has 2 heterocycles. The fourth-order valence-electron chi connectivity index (χ4n) is 2.68. The quantitative estimate of drug-likeness (QED) is 0.820. The maximum Gasteiger partial charge on any atom is 0.240 e. The number of fused-ring (bicyclic) bond motifs is 1. The maximum absolute atomic E-state index is 12.5. The first-order valence-corrected chi connectivity index (χ1v) is 8.65. The molecule has 0 saturated carbocycles. The lowest BCUT2D eigenvalue weighted by Gasteiger charge is -2.24. The predicted octanol–water partition coefficient (Wildman–Crippen LogP) is 0.0260. The van der Waals surface area contributed by atoms with E-state index in [1.807, 2.05) is 6.07 Å². The Balaban J connectivity index is 1.75. The van der Waals surface area contributed by atoms with Gasteiger partial charge in [-0.25, -0.2) is 13.1 Å². The molecule has 1 fully saturated rings. The van der Waals surface area contributed by atoms with Crippen LogP contribution < -0.4 is 10.0 Å². The minimum Gasteiger partial charge on any atom is -0.376 e. The second-order valence-electron chi connectivity index (χ2n) is 5.24. The smallest absolute Gasteiger partial charge is 0.240 e. The summed E-state index contributed by atoms with van der Waals surface area (Å²) in [4.78, 5) is 0.387. The molecule has 0 radical (unpaired) electrons. The first-order chi connectivity index (χ1) is 10.2. The molecule has 1 aromatic carbocycles. The van der Waals surface area contributed by atoms with E-state index >= 15 is 0 Å². The van der Waals surface area contributed by atoms with Gasteiger partial charge in [0.1, 0.15) is 0 Å². The predicted molar refractivity (Wildman–Crippen MR) is 77.6 cm³/mol. The van der Waals surface area contributed by atoms with Crippen LogP contribution in [0.3, 0.4) is 0 Å². The van der Waals surface area contributed by atoms with Crippen molar-refractivity contribution < 1.29 is 17.9 Å². The number of ether oxygens (including phenoxy) is 2. The van der Waals surface area contributed by atoms with Gasteiger partial charge < -0.3 is 14.8 Å². The van der Waals surface area contributed by atoms with Gasteiger partial charge in [-0.05, 0) is 30.2 Å². The van der Waals surface area contributed by atoms with Gasteiger partial charge in [-0.15, -0.1) is 0 Å². The lowest BCUT2D eigenvalue weighted by Crippen LogP contribution is -2.40. The molecule has 2 N–H and O–H groups in total. The molecule has 1 saturated heterocycles. The molecule has 0 aromatic heterocycles. The number of hydrogen-bond acceptors (Lipinski definition) is 5. The number of benzene rings is 1. The third-order valence-electron chi connectivity index (χ3n) is 3.77. The summed E-state index contributed by atoms with van der Waals surface area (Å²) in [6.07, 6.45) is 0.518. The van der Waals surface area contributed by atoms with E-state index in [9.17, 15) is 8.42 Å². The summed E-state index contributed by atoms with van der Waals surface area (Å²) >= 11 is 0. The van der Waals surface area contributed by atoms with E-state index in [1.165, 1.54) is 0 Å². The highest BCUT2D eigenvalue weighted by atomic mass is 32.2. The van der Waals surface area contributed by atoms with E-state index in [0.717, 1.165) is 30.6 Å². The first kappa shape index (κ1) is 14.9. The Morgan fingerprint density at radius 3 is 3.05 bits per heavy atom. The monoisotopic (exact) mass is 312 g/mol. The molecule has 2 aliphatic rings. The molecule has 1 aromatic rings. The molecule has 116 valence electrons. The molecule has 6 nitrogen and oxygen atoms in total. The molecule has 3 rings (SSSR count). The van der Waals surface area contributed by atoms with Gasteiger partial charge in [0.15, 0.2) is 0 Å². The molecule has 0 spiro atoms. The molecule has 2 aliphatic heterocycles. The van der Waals surface area contributed by atoms with Crippen molar-refractivity contribution in [3.8, 4) is 0 Å². The molecule has 1 unspecified atom stereocenters. The average Bonchev–Trinajstić information content (AvgIpc) is 2.53. The van der Waals surface area contributed by atoms with Crippen molar-refractivity contribution in [1.29, 1.82) is 0 Å². The van der Waals surface area contributed by atoms with Crippen molar-refractivity contribution in [3.05, 3.63) is 29.3 Å². The third-order valence-corrected chi connectivity index (χ3v) is 5.28. The van der Waals surface area contributed by atoms with Crippen molar-refractivity contribution in [3.63, 3.8) is 0 Å². The van der Waals surface area contributed by atoms with E-state index in [0.29, 0.717) is 24.7 Å². The minimum atomic E-state index is -3.51. The van der Waals surface area contributed by atoms with Crippen molar-refractivity contribution in [1.82, 2.24) is 10.0 Å². The Labute approximate surface area is 124 Å².